The zero-order valence-corrected chi connectivity index (χ0v) is 14.9. The fraction of sp³-hybridized carbons (Fsp3) is 0.211. The van der Waals surface area contributed by atoms with Gasteiger partial charge in [0.2, 0.25) is 5.84 Å². The van der Waals surface area contributed by atoms with E-state index in [9.17, 15) is 22.8 Å². The van der Waals surface area contributed by atoms with E-state index >= 15 is 0 Å². The fourth-order valence-corrected chi connectivity index (χ4v) is 2.52. The predicted molar refractivity (Wildman–Crippen MR) is 97.4 cm³/mol. The van der Waals surface area contributed by atoms with Crippen molar-refractivity contribution in [3.8, 4) is 0 Å². The van der Waals surface area contributed by atoms with E-state index in [0.717, 1.165) is 17.7 Å². The summed E-state index contributed by atoms with van der Waals surface area (Å²) >= 11 is 0. The van der Waals surface area contributed by atoms with E-state index in [0.29, 0.717) is 11.3 Å². The number of nitrogens with one attached hydrogen (secondary N) is 2. The number of carbonyl (C=O) groups excluding carboxylic acids is 2. The standard InChI is InChI=1S/C19H17F3N4O2/c1-12-2-8-15(9-3-12)26-16(27)11-23-17(25-26)18(28)24-10-13-4-6-14(7-5-13)19(20,21)22/h2-9H,10-11H2,1H3,(H,23,25)(H,24,28). The molecule has 2 N–H and O–H groups in total. The van der Waals surface area contributed by atoms with Gasteiger partial charge in [-0.15, -0.1) is 0 Å². The summed E-state index contributed by atoms with van der Waals surface area (Å²) in [5, 5.41) is 3.81. The minimum absolute atomic E-state index is 0.0240. The van der Waals surface area contributed by atoms with Gasteiger partial charge in [0.15, 0.2) is 0 Å². The van der Waals surface area contributed by atoms with Crippen molar-refractivity contribution in [2.24, 2.45) is 4.99 Å². The summed E-state index contributed by atoms with van der Waals surface area (Å²) in [6.45, 7) is 1.75. The first kappa shape index (κ1) is 19.4. The van der Waals surface area contributed by atoms with E-state index in [1.807, 2.05) is 19.1 Å². The molecule has 2 aromatic carbocycles. The minimum atomic E-state index is -4.41. The number of amides is 2. The van der Waals surface area contributed by atoms with Gasteiger partial charge in [0.1, 0.15) is 6.54 Å². The second-order valence-corrected chi connectivity index (χ2v) is 6.22. The Bertz CT molecular complexity index is 906. The smallest absolute Gasteiger partial charge is 0.345 e. The van der Waals surface area contributed by atoms with Crippen LogP contribution in [0, 0.1) is 6.92 Å². The van der Waals surface area contributed by atoms with Crippen molar-refractivity contribution in [2.75, 3.05) is 11.6 Å². The molecule has 28 heavy (non-hydrogen) atoms. The maximum Gasteiger partial charge on any atom is 0.416 e. The van der Waals surface area contributed by atoms with Crippen LogP contribution in [0.1, 0.15) is 16.7 Å². The normalized spacial score (nSPS) is 14.4. The number of alkyl halides is 3. The van der Waals surface area contributed by atoms with Gasteiger partial charge in [0, 0.05) is 6.54 Å². The maximum atomic E-state index is 12.6. The van der Waals surface area contributed by atoms with Crippen molar-refractivity contribution in [3.05, 3.63) is 65.2 Å². The Balaban J connectivity index is 1.62. The molecule has 0 atom stereocenters. The largest absolute Gasteiger partial charge is 0.416 e. The van der Waals surface area contributed by atoms with Crippen molar-refractivity contribution in [2.45, 2.75) is 19.6 Å². The fourth-order valence-electron chi connectivity index (χ4n) is 2.52. The second kappa shape index (κ2) is 7.71. The minimum Gasteiger partial charge on any atom is -0.345 e. The molecule has 0 spiro atoms. The van der Waals surface area contributed by atoms with Gasteiger partial charge in [-0.05, 0) is 36.8 Å². The molecule has 146 valence electrons. The van der Waals surface area contributed by atoms with Crippen LogP contribution >= 0.6 is 0 Å². The van der Waals surface area contributed by atoms with Crippen molar-refractivity contribution in [3.63, 3.8) is 0 Å². The van der Waals surface area contributed by atoms with Crippen LogP contribution in [0.15, 0.2) is 53.5 Å². The van der Waals surface area contributed by atoms with Crippen LogP contribution in [-0.4, -0.2) is 24.2 Å². The van der Waals surface area contributed by atoms with Crippen LogP contribution in [0.3, 0.4) is 0 Å². The molecule has 0 saturated carbocycles. The van der Waals surface area contributed by atoms with Crippen LogP contribution in [0.2, 0.25) is 0 Å². The third kappa shape index (κ3) is 4.48. The summed E-state index contributed by atoms with van der Waals surface area (Å²) in [6.07, 6.45) is -4.41. The lowest BCUT2D eigenvalue weighted by atomic mass is 10.1. The van der Waals surface area contributed by atoms with Crippen LogP contribution in [-0.2, 0) is 22.3 Å². The molecule has 1 aliphatic rings. The summed E-state index contributed by atoms with van der Waals surface area (Å²) in [7, 11) is 0. The number of rotatable bonds is 4. The molecule has 0 bridgehead atoms. The number of aryl methyl sites for hydroxylation is 1. The highest BCUT2D eigenvalue weighted by Crippen LogP contribution is 2.29. The lowest BCUT2D eigenvalue weighted by molar-refractivity contribution is -0.137. The molecule has 1 heterocycles. The Hall–Kier alpha value is -3.36. The first-order valence-corrected chi connectivity index (χ1v) is 8.39. The summed E-state index contributed by atoms with van der Waals surface area (Å²) < 4.78 is 37.7. The maximum absolute atomic E-state index is 12.6. The van der Waals surface area contributed by atoms with Crippen molar-refractivity contribution >= 4 is 23.3 Å². The topological polar surface area (TPSA) is 73.8 Å². The molecular formula is C19H17F3N4O2. The van der Waals surface area contributed by atoms with Gasteiger partial charge >= 0.3 is 6.18 Å². The zero-order valence-electron chi connectivity index (χ0n) is 14.9. The Morgan fingerprint density at radius 2 is 1.79 bits per heavy atom. The van der Waals surface area contributed by atoms with Crippen molar-refractivity contribution in [1.29, 1.82) is 0 Å². The first-order valence-electron chi connectivity index (χ1n) is 8.39. The highest BCUT2D eigenvalue weighted by molar-refractivity contribution is 6.39. The number of carbonyl (C=O) groups is 2. The third-order valence-electron chi connectivity index (χ3n) is 4.08. The van der Waals surface area contributed by atoms with Crippen LogP contribution in [0.25, 0.3) is 0 Å². The molecular weight excluding hydrogens is 373 g/mol. The molecule has 0 saturated heterocycles. The van der Waals surface area contributed by atoms with Gasteiger partial charge in [-0.25, -0.2) is 5.01 Å². The first-order chi connectivity index (χ1) is 13.2. The van der Waals surface area contributed by atoms with E-state index in [2.05, 4.69) is 15.7 Å². The SMILES string of the molecule is Cc1ccc(N2NC(C(=O)NCc3ccc(C(F)(F)F)cc3)=NCC2=O)cc1. The molecule has 2 amide bonds. The molecule has 3 rings (SSSR count). The molecule has 1 aliphatic heterocycles. The van der Waals surface area contributed by atoms with Crippen LogP contribution in [0.5, 0.6) is 0 Å². The average molecular weight is 390 g/mol. The number of hydrazine groups is 1. The highest BCUT2D eigenvalue weighted by Gasteiger charge is 2.30. The molecule has 6 nitrogen and oxygen atoms in total. The number of aliphatic imine (C=N–C) groups is 1. The van der Waals surface area contributed by atoms with E-state index < -0.39 is 17.6 Å². The number of anilines is 1. The van der Waals surface area contributed by atoms with Gasteiger partial charge in [-0.2, -0.15) is 13.2 Å². The Morgan fingerprint density at radius 3 is 2.39 bits per heavy atom. The van der Waals surface area contributed by atoms with Gasteiger partial charge in [-0.3, -0.25) is 20.0 Å². The molecule has 0 unspecified atom stereocenters. The quantitative estimate of drug-likeness (QED) is 0.843. The summed E-state index contributed by atoms with van der Waals surface area (Å²) in [5.74, 6) is -0.931. The second-order valence-electron chi connectivity index (χ2n) is 6.22. The molecule has 9 heteroatoms. The van der Waals surface area contributed by atoms with E-state index in [1.54, 1.807) is 12.1 Å². The lowest BCUT2D eigenvalue weighted by Gasteiger charge is -2.27. The van der Waals surface area contributed by atoms with Gasteiger partial charge in [0.25, 0.3) is 11.8 Å². The van der Waals surface area contributed by atoms with E-state index in [-0.39, 0.29) is 24.8 Å². The zero-order chi connectivity index (χ0) is 20.3. The number of nitrogens with zero attached hydrogens (tertiary/aromatic N) is 2. The number of benzene rings is 2. The van der Waals surface area contributed by atoms with Gasteiger partial charge < -0.3 is 5.32 Å². The molecule has 0 radical (unpaired) electrons. The predicted octanol–water partition coefficient (Wildman–Crippen LogP) is 2.58. The van der Waals surface area contributed by atoms with Gasteiger partial charge in [0.05, 0.1) is 11.3 Å². The summed E-state index contributed by atoms with van der Waals surface area (Å²) in [6, 6.07) is 11.6. The Kier molecular flexibility index (Phi) is 5.34. The van der Waals surface area contributed by atoms with Crippen molar-refractivity contribution in [1.82, 2.24) is 10.7 Å². The molecule has 0 aromatic heterocycles. The molecule has 2 aromatic rings. The Labute approximate surface area is 159 Å². The highest BCUT2D eigenvalue weighted by atomic mass is 19.4. The molecule has 0 aliphatic carbocycles. The lowest BCUT2D eigenvalue weighted by Crippen LogP contribution is -2.55. The van der Waals surface area contributed by atoms with E-state index in [4.69, 9.17) is 0 Å². The molecule has 0 fully saturated rings. The summed E-state index contributed by atoms with van der Waals surface area (Å²) in [4.78, 5) is 28.3. The number of hydrogen-bond acceptors (Lipinski definition) is 4. The average Bonchev–Trinajstić information content (AvgIpc) is 2.67. The van der Waals surface area contributed by atoms with Crippen molar-refractivity contribution < 1.29 is 22.8 Å². The number of amidine groups is 1. The van der Waals surface area contributed by atoms with Gasteiger partial charge in [-0.1, -0.05) is 29.8 Å². The monoisotopic (exact) mass is 390 g/mol. The van der Waals surface area contributed by atoms with E-state index in [1.165, 1.54) is 17.1 Å². The number of hydrogen-bond donors (Lipinski definition) is 2. The number of halogens is 3. The van der Waals surface area contributed by atoms with Crippen LogP contribution < -0.4 is 15.8 Å². The van der Waals surface area contributed by atoms with Crippen LogP contribution in [0.4, 0.5) is 18.9 Å². The summed E-state index contributed by atoms with van der Waals surface area (Å²) in [5.41, 5.74) is 4.02. The third-order valence-corrected chi connectivity index (χ3v) is 4.08. The Morgan fingerprint density at radius 1 is 1.14 bits per heavy atom.